The van der Waals surface area contributed by atoms with Crippen LogP contribution in [0.25, 0.3) is 0 Å². The quantitative estimate of drug-likeness (QED) is 0.416. The van der Waals surface area contributed by atoms with Crippen LogP contribution in [0.15, 0.2) is 36.4 Å². The predicted molar refractivity (Wildman–Crippen MR) is 115 cm³/mol. The number of likely N-dealkylation sites (N-methyl/N-ethyl adjacent to an activating group) is 1. The SMILES string of the molecule is CN(C)[C@H]1CCN(C(=O)N(Cc2ccc(C(=O)NN)cc2F)c2cccc(Cl)c2F)C1. The Labute approximate surface area is 184 Å². The Bertz CT molecular complexity index is 988. The Morgan fingerprint density at radius 1 is 1.26 bits per heavy atom. The lowest BCUT2D eigenvalue weighted by Crippen LogP contribution is -2.43. The molecule has 0 bridgehead atoms. The molecule has 1 aliphatic heterocycles. The van der Waals surface area contributed by atoms with Crippen LogP contribution in [-0.4, -0.2) is 55.0 Å². The maximum atomic E-state index is 14.8. The van der Waals surface area contributed by atoms with E-state index < -0.39 is 23.6 Å². The van der Waals surface area contributed by atoms with E-state index in [9.17, 15) is 18.4 Å². The molecule has 31 heavy (non-hydrogen) atoms. The van der Waals surface area contributed by atoms with Gasteiger partial charge in [0.2, 0.25) is 0 Å². The highest BCUT2D eigenvalue weighted by Gasteiger charge is 2.32. The lowest BCUT2D eigenvalue weighted by molar-refractivity contribution is 0.0953. The van der Waals surface area contributed by atoms with E-state index in [1.807, 2.05) is 24.4 Å². The summed E-state index contributed by atoms with van der Waals surface area (Å²) in [4.78, 5) is 29.8. The van der Waals surface area contributed by atoms with Crippen molar-refractivity contribution in [3.05, 3.63) is 64.2 Å². The van der Waals surface area contributed by atoms with Crippen molar-refractivity contribution in [2.45, 2.75) is 19.0 Å². The second kappa shape index (κ2) is 9.59. The standard InChI is InChI=1S/C21H24ClF2N5O2/c1-27(2)15-8-9-28(12-15)21(31)29(18-5-3-4-16(22)19(18)24)11-14-7-6-13(10-17(14)23)20(30)26-25/h3-7,10,15H,8-9,11-12,25H2,1-2H3,(H,26,30)/t15-/m0/s1. The minimum atomic E-state index is -0.764. The molecule has 2 aromatic rings. The molecular formula is C21H24ClF2N5O2. The lowest BCUT2D eigenvalue weighted by atomic mass is 10.1. The average molecular weight is 452 g/mol. The molecule has 3 N–H and O–H groups in total. The maximum Gasteiger partial charge on any atom is 0.324 e. The van der Waals surface area contributed by atoms with Gasteiger partial charge in [0.15, 0.2) is 5.82 Å². The molecule has 1 saturated heterocycles. The van der Waals surface area contributed by atoms with Gasteiger partial charge in [-0.1, -0.05) is 23.7 Å². The highest BCUT2D eigenvalue weighted by Crippen LogP contribution is 2.29. The van der Waals surface area contributed by atoms with Gasteiger partial charge in [-0.3, -0.25) is 15.1 Å². The fourth-order valence-corrected chi connectivity index (χ4v) is 3.70. The molecule has 3 rings (SSSR count). The maximum absolute atomic E-state index is 14.8. The lowest BCUT2D eigenvalue weighted by Gasteiger charge is -2.29. The van der Waals surface area contributed by atoms with Gasteiger partial charge in [0.25, 0.3) is 5.91 Å². The number of nitrogen functional groups attached to an aromatic ring is 1. The third-order valence-electron chi connectivity index (χ3n) is 5.39. The molecule has 0 aliphatic carbocycles. The van der Waals surface area contributed by atoms with Crippen LogP contribution in [-0.2, 0) is 6.54 Å². The van der Waals surface area contributed by atoms with E-state index in [0.29, 0.717) is 13.1 Å². The van der Waals surface area contributed by atoms with Crippen molar-refractivity contribution in [1.29, 1.82) is 0 Å². The largest absolute Gasteiger partial charge is 0.324 e. The highest BCUT2D eigenvalue weighted by atomic mass is 35.5. The molecule has 0 spiro atoms. The van der Waals surface area contributed by atoms with E-state index in [2.05, 4.69) is 0 Å². The van der Waals surface area contributed by atoms with Gasteiger partial charge in [0.05, 0.1) is 17.3 Å². The van der Waals surface area contributed by atoms with E-state index in [1.165, 1.54) is 35.2 Å². The first-order valence-corrected chi connectivity index (χ1v) is 10.1. The average Bonchev–Trinajstić information content (AvgIpc) is 3.25. The Hall–Kier alpha value is -2.75. The molecule has 7 nitrogen and oxygen atoms in total. The van der Waals surface area contributed by atoms with Gasteiger partial charge in [0, 0.05) is 30.3 Å². The third-order valence-corrected chi connectivity index (χ3v) is 5.68. The predicted octanol–water partition coefficient (Wildman–Crippen LogP) is 2.98. The van der Waals surface area contributed by atoms with Gasteiger partial charge < -0.3 is 9.80 Å². The number of nitrogens with zero attached hydrogens (tertiary/aromatic N) is 3. The molecule has 1 atom stereocenters. The molecule has 0 saturated carbocycles. The molecular weight excluding hydrogens is 428 g/mol. The smallest absolute Gasteiger partial charge is 0.323 e. The van der Waals surface area contributed by atoms with Crippen LogP contribution in [0.2, 0.25) is 5.02 Å². The van der Waals surface area contributed by atoms with E-state index in [-0.39, 0.29) is 34.4 Å². The van der Waals surface area contributed by atoms with Gasteiger partial charge in [-0.05, 0) is 44.8 Å². The van der Waals surface area contributed by atoms with Crippen LogP contribution >= 0.6 is 11.6 Å². The van der Waals surface area contributed by atoms with Gasteiger partial charge in [-0.15, -0.1) is 0 Å². The zero-order chi connectivity index (χ0) is 22.7. The van der Waals surface area contributed by atoms with Gasteiger partial charge >= 0.3 is 6.03 Å². The van der Waals surface area contributed by atoms with Gasteiger partial charge in [0.1, 0.15) is 5.82 Å². The highest BCUT2D eigenvalue weighted by molar-refractivity contribution is 6.31. The number of nitrogens with one attached hydrogen (secondary N) is 1. The van der Waals surface area contributed by atoms with Crippen molar-refractivity contribution in [3.8, 4) is 0 Å². The molecule has 2 aromatic carbocycles. The summed E-state index contributed by atoms with van der Waals surface area (Å²) in [6, 6.07) is 7.83. The molecule has 1 aliphatic rings. The summed E-state index contributed by atoms with van der Waals surface area (Å²) in [7, 11) is 3.86. The minimum absolute atomic E-state index is 0.0314. The number of hydrogen-bond donors (Lipinski definition) is 2. The van der Waals surface area contributed by atoms with E-state index >= 15 is 0 Å². The van der Waals surface area contributed by atoms with E-state index in [0.717, 1.165) is 12.5 Å². The number of likely N-dealkylation sites (tertiary alicyclic amines) is 1. The van der Waals surface area contributed by atoms with Crippen molar-refractivity contribution in [3.63, 3.8) is 0 Å². The van der Waals surface area contributed by atoms with Crippen LogP contribution in [0, 0.1) is 11.6 Å². The number of anilines is 1. The van der Waals surface area contributed by atoms with Crippen molar-refractivity contribution < 1.29 is 18.4 Å². The number of rotatable bonds is 5. The summed E-state index contributed by atoms with van der Waals surface area (Å²) in [5.41, 5.74) is 2.03. The summed E-state index contributed by atoms with van der Waals surface area (Å²) >= 11 is 5.93. The number of halogens is 3. The third kappa shape index (κ3) is 4.95. The monoisotopic (exact) mass is 451 g/mol. The number of hydrogen-bond acceptors (Lipinski definition) is 4. The summed E-state index contributed by atoms with van der Waals surface area (Å²) in [5.74, 6) is 2.96. The Balaban J connectivity index is 1.94. The topological polar surface area (TPSA) is 81.9 Å². The van der Waals surface area contributed by atoms with Crippen molar-refractivity contribution in [2.24, 2.45) is 5.84 Å². The van der Waals surface area contributed by atoms with Crippen molar-refractivity contribution in [1.82, 2.24) is 15.2 Å². The number of benzene rings is 2. The molecule has 166 valence electrons. The minimum Gasteiger partial charge on any atom is -0.323 e. The Morgan fingerprint density at radius 3 is 2.61 bits per heavy atom. The molecule has 1 heterocycles. The van der Waals surface area contributed by atoms with Crippen LogP contribution < -0.4 is 16.2 Å². The second-order valence-corrected chi connectivity index (χ2v) is 7.98. The van der Waals surface area contributed by atoms with Crippen molar-refractivity contribution in [2.75, 3.05) is 32.1 Å². The zero-order valence-electron chi connectivity index (χ0n) is 17.2. The van der Waals surface area contributed by atoms with Crippen molar-refractivity contribution >= 4 is 29.2 Å². The summed E-state index contributed by atoms with van der Waals surface area (Å²) in [5, 5.41) is -0.140. The number of carbonyl (C=O) groups excluding carboxylic acids is 2. The summed E-state index contributed by atoms with van der Waals surface area (Å²) in [6.45, 7) is 0.733. The van der Waals surface area contributed by atoms with E-state index in [4.69, 9.17) is 17.4 Å². The first-order valence-electron chi connectivity index (χ1n) is 9.69. The zero-order valence-corrected chi connectivity index (χ0v) is 18.0. The molecule has 0 aromatic heterocycles. The number of amides is 3. The van der Waals surface area contributed by atoms with Gasteiger partial charge in [-0.25, -0.2) is 19.4 Å². The van der Waals surface area contributed by atoms with Crippen LogP contribution in [0.5, 0.6) is 0 Å². The Morgan fingerprint density at radius 2 is 2.00 bits per heavy atom. The number of carbonyl (C=O) groups is 2. The Kier molecular flexibility index (Phi) is 7.09. The second-order valence-electron chi connectivity index (χ2n) is 7.57. The fraction of sp³-hybridized carbons (Fsp3) is 0.333. The van der Waals surface area contributed by atoms with Crippen LogP contribution in [0.1, 0.15) is 22.3 Å². The van der Waals surface area contributed by atoms with Crippen LogP contribution in [0.4, 0.5) is 19.3 Å². The number of urea groups is 1. The summed E-state index contributed by atoms with van der Waals surface area (Å²) in [6.07, 6.45) is 0.780. The first kappa shape index (κ1) is 22.9. The van der Waals surface area contributed by atoms with E-state index in [1.54, 1.807) is 4.90 Å². The molecule has 3 amide bonds. The number of nitrogens with two attached hydrogens (primary N) is 1. The molecule has 10 heteroatoms. The normalized spacial score (nSPS) is 16.0. The summed E-state index contributed by atoms with van der Waals surface area (Å²) < 4.78 is 29.5. The number of hydrazine groups is 1. The molecule has 1 fully saturated rings. The van der Waals surface area contributed by atoms with Crippen LogP contribution in [0.3, 0.4) is 0 Å². The molecule has 0 radical (unpaired) electrons. The fourth-order valence-electron chi connectivity index (χ4n) is 3.53. The van der Waals surface area contributed by atoms with Gasteiger partial charge in [-0.2, -0.15) is 0 Å². The first-order chi connectivity index (χ1) is 14.7. The molecule has 0 unspecified atom stereocenters.